The van der Waals surface area contributed by atoms with Crippen molar-refractivity contribution in [2.45, 2.75) is 149 Å². The standard InChI is InChI=1S/3C18H24N.C16H20N/c1-12(2)16-7-8-17(14(4)9-16)18-10-13(3)15(5)11-19(18)6;1-12(2)17-10-18(19(6)11-15(17)5)16-8-7-13(3)9-14(16)4;1-12(2)17-11-19(6)18(10-15(17)5)16-8-7-13(3)9-14(16)4;1-11-6-7-15(13(3)8-11)16-9-12(2)14(4)10-17(16)5/h3*7-12H,1-6H3;6-10H,1-5H3/q4*+1/i1D3,5D3,12D;;;1D3,4D3. The van der Waals surface area contributed by atoms with Gasteiger partial charge in [-0.2, -0.15) is 0 Å². The van der Waals surface area contributed by atoms with Gasteiger partial charge < -0.3 is 0 Å². The monoisotopic (exact) mass is 1000 g/mol. The first kappa shape index (κ1) is 41.8. The molecule has 4 nitrogen and oxygen atoms in total. The van der Waals surface area contributed by atoms with E-state index in [9.17, 15) is 0 Å². The minimum absolute atomic E-state index is 0.303. The van der Waals surface area contributed by atoms with Crippen LogP contribution in [0.25, 0.3) is 45.0 Å². The molecule has 0 radical (unpaired) electrons. The average molecular weight is 1000 g/mol. The third kappa shape index (κ3) is 14.4. The van der Waals surface area contributed by atoms with Crippen molar-refractivity contribution in [1.82, 2.24) is 0 Å². The van der Waals surface area contributed by atoms with Crippen molar-refractivity contribution in [2.24, 2.45) is 28.2 Å². The van der Waals surface area contributed by atoms with E-state index in [1.54, 1.807) is 85.9 Å². The molecular weight excluding hydrogens is 897 g/mol. The van der Waals surface area contributed by atoms with Crippen LogP contribution in [0.3, 0.4) is 0 Å². The van der Waals surface area contributed by atoms with Gasteiger partial charge in [0.2, 0.25) is 22.8 Å². The number of aromatic nitrogens is 4. The van der Waals surface area contributed by atoms with Crippen LogP contribution in [0.5, 0.6) is 0 Å². The Hall–Kier alpha value is -6.52. The summed E-state index contributed by atoms with van der Waals surface area (Å²) in [5.41, 5.74) is 24.0. The lowest BCUT2D eigenvalue weighted by Gasteiger charge is -2.12. The highest BCUT2D eigenvalue weighted by Gasteiger charge is 2.20. The van der Waals surface area contributed by atoms with Crippen LogP contribution >= 0.6 is 0 Å². The third-order valence-electron chi connectivity index (χ3n) is 14.0. The summed E-state index contributed by atoms with van der Waals surface area (Å²) in [5.74, 6) is -0.565. The number of hydrogen-bond acceptors (Lipinski definition) is 0. The molecule has 0 saturated carbocycles. The van der Waals surface area contributed by atoms with Crippen molar-refractivity contribution >= 4 is 0 Å². The predicted molar refractivity (Wildman–Crippen MR) is 316 cm³/mol. The Morgan fingerprint density at radius 3 is 1.09 bits per heavy atom. The van der Waals surface area contributed by atoms with Crippen LogP contribution in [0.2, 0.25) is 0 Å². The third-order valence-corrected chi connectivity index (χ3v) is 14.0. The van der Waals surface area contributed by atoms with Gasteiger partial charge in [-0.3, -0.25) is 0 Å². The highest BCUT2D eigenvalue weighted by Crippen LogP contribution is 2.29. The normalized spacial score (nSPS) is 15.1. The number of rotatable bonds is 7. The molecule has 74 heavy (non-hydrogen) atoms. The molecule has 8 rings (SSSR count). The van der Waals surface area contributed by atoms with E-state index in [2.05, 4.69) is 153 Å². The van der Waals surface area contributed by atoms with E-state index < -0.39 is 33.3 Å². The second kappa shape index (κ2) is 25.1. The number of hydrogen-bond donors (Lipinski definition) is 0. The minimum Gasteiger partial charge on any atom is -0.201 e. The fourth-order valence-electron chi connectivity index (χ4n) is 9.70. The molecule has 388 valence electrons. The van der Waals surface area contributed by atoms with Gasteiger partial charge in [-0.05, 0) is 182 Å². The lowest BCUT2D eigenvalue weighted by Crippen LogP contribution is -2.32. The maximum absolute atomic E-state index is 8.23. The van der Waals surface area contributed by atoms with Gasteiger partial charge in [-0.1, -0.05) is 107 Å². The first-order chi connectivity index (χ1) is 39.9. The highest BCUT2D eigenvalue weighted by molar-refractivity contribution is 5.65. The highest BCUT2D eigenvalue weighted by atomic mass is 14.9. The maximum atomic E-state index is 8.23. The topological polar surface area (TPSA) is 15.5 Å². The molecule has 1 unspecified atom stereocenters. The summed E-state index contributed by atoms with van der Waals surface area (Å²) < 4.78 is 107. The van der Waals surface area contributed by atoms with Gasteiger partial charge in [0.05, 0.1) is 0 Å². The average Bonchev–Trinajstić information content (AvgIpc) is 1.04. The Morgan fingerprint density at radius 2 is 0.703 bits per heavy atom. The molecule has 4 heteroatoms. The lowest BCUT2D eigenvalue weighted by molar-refractivity contribution is -0.661. The molecule has 0 saturated heterocycles. The van der Waals surface area contributed by atoms with Crippen LogP contribution in [-0.2, 0) is 28.2 Å². The van der Waals surface area contributed by atoms with Gasteiger partial charge >= 0.3 is 0 Å². The molecule has 0 aliphatic carbocycles. The zero-order valence-corrected chi connectivity index (χ0v) is 48.0. The molecule has 4 aromatic heterocycles. The van der Waals surface area contributed by atoms with Crippen molar-refractivity contribution in [3.63, 3.8) is 0 Å². The van der Waals surface area contributed by atoms with Crippen LogP contribution in [0.1, 0.15) is 166 Å². The van der Waals surface area contributed by atoms with Gasteiger partial charge in [-0.25, -0.2) is 18.3 Å². The molecule has 0 N–H and O–H groups in total. The minimum atomic E-state index is -2.43. The summed E-state index contributed by atoms with van der Waals surface area (Å²) in [6.07, 6.45) is 7.75. The Bertz CT molecular complexity index is 3790. The van der Waals surface area contributed by atoms with Crippen LogP contribution in [0.4, 0.5) is 0 Å². The summed E-state index contributed by atoms with van der Waals surface area (Å²) in [4.78, 5) is 0. The van der Waals surface area contributed by atoms with E-state index in [0.29, 0.717) is 45.2 Å². The van der Waals surface area contributed by atoms with Crippen molar-refractivity contribution in [2.75, 3.05) is 0 Å². The van der Waals surface area contributed by atoms with Crippen LogP contribution < -0.4 is 18.3 Å². The molecule has 1 atom stereocenters. The molecule has 4 heterocycles. The van der Waals surface area contributed by atoms with E-state index >= 15 is 0 Å². The zero-order chi connectivity index (χ0) is 66.0. The maximum Gasteiger partial charge on any atom is 0.212 e. The molecule has 4 aromatic carbocycles. The van der Waals surface area contributed by atoms with E-state index in [-0.39, 0.29) is 0 Å². The molecule has 0 amide bonds. The molecule has 0 aliphatic rings. The first-order valence-electron chi connectivity index (χ1n) is 32.3. The van der Waals surface area contributed by atoms with Crippen LogP contribution in [0, 0.1) is 89.8 Å². The number of pyridine rings is 4. The summed E-state index contributed by atoms with van der Waals surface area (Å²) in [6, 6.07) is 31.9. The van der Waals surface area contributed by atoms with Gasteiger partial charge in [0, 0.05) is 86.6 Å². The summed E-state index contributed by atoms with van der Waals surface area (Å²) >= 11 is 0. The van der Waals surface area contributed by atoms with Gasteiger partial charge in [0.1, 0.15) is 28.2 Å². The predicted octanol–water partition coefficient (Wildman–Crippen LogP) is 16.1. The lowest BCUT2D eigenvalue weighted by atomic mass is 9.95. The quantitative estimate of drug-likeness (QED) is 0.141. The van der Waals surface area contributed by atoms with Crippen LogP contribution in [-0.4, -0.2) is 0 Å². The summed E-state index contributed by atoms with van der Waals surface area (Å²) in [5, 5.41) is 0. The van der Waals surface area contributed by atoms with E-state index in [0.717, 1.165) is 33.6 Å². The summed E-state index contributed by atoms with van der Waals surface area (Å²) in [7, 11) is 7.85. The first-order valence-corrected chi connectivity index (χ1v) is 25.8. The fraction of sp³-hybridized carbons (Fsp3) is 0.371. The van der Waals surface area contributed by atoms with Crippen molar-refractivity contribution < 1.29 is 36.1 Å². The number of benzene rings is 4. The van der Waals surface area contributed by atoms with Crippen molar-refractivity contribution in [3.05, 3.63) is 211 Å². The van der Waals surface area contributed by atoms with E-state index in [4.69, 9.17) is 17.8 Å². The Labute approximate surface area is 467 Å². The molecule has 0 aliphatic heterocycles. The van der Waals surface area contributed by atoms with E-state index in [1.165, 1.54) is 73.9 Å². The largest absolute Gasteiger partial charge is 0.212 e. The second-order valence-electron chi connectivity index (χ2n) is 21.2. The fourth-order valence-corrected chi connectivity index (χ4v) is 9.70. The molecular formula is C70H92N4+4. The Morgan fingerprint density at radius 1 is 0.338 bits per heavy atom. The Kier molecular flexibility index (Phi) is 14.2. The van der Waals surface area contributed by atoms with Gasteiger partial charge in [-0.15, -0.1) is 0 Å². The smallest absolute Gasteiger partial charge is 0.201 e. The SMILES string of the molecule is Cc1ccc(-c2cc(C(C)C)c(C)c[n+]2C)c(C)c1.Cc1ccc(-c2cc(C)c(C(C)C)c[n+]2C)c(C)c1.[2H]C([2H])([2H])c1c[n+](C)c(-c2ccc(C([2H])(C)C([2H])([2H])[2H])cc2C)cc1C.[2H]C([2H])([2H])c1ccc(-c2cc(C)c(C([2H])([2H])[2H])c[n+]2C)c(C)c1. The zero-order valence-electron chi connectivity index (χ0n) is 61.0. The van der Waals surface area contributed by atoms with Gasteiger partial charge in [0.15, 0.2) is 24.8 Å². The number of aryl methyl sites for hydroxylation is 17. The molecule has 0 bridgehead atoms. The Balaban J connectivity index is 0.000000213. The molecule has 0 spiro atoms. The summed E-state index contributed by atoms with van der Waals surface area (Å²) in [6.45, 7) is 21.9. The molecule has 0 fully saturated rings. The van der Waals surface area contributed by atoms with Gasteiger partial charge in [0.25, 0.3) is 0 Å². The number of nitrogens with zero attached hydrogens (tertiary/aromatic N) is 4. The van der Waals surface area contributed by atoms with Crippen molar-refractivity contribution in [1.29, 1.82) is 0 Å². The van der Waals surface area contributed by atoms with Crippen LogP contribution in [0.15, 0.2) is 122 Å². The molecule has 8 aromatic rings. The van der Waals surface area contributed by atoms with E-state index in [1.807, 2.05) is 26.0 Å². The van der Waals surface area contributed by atoms with Crippen molar-refractivity contribution in [3.8, 4) is 45.0 Å². The second-order valence-corrected chi connectivity index (χ2v) is 21.2.